The minimum Gasteiger partial charge on any atom is -0.493 e. The molecule has 3 aliphatic heterocycles. The molecule has 2 N–H and O–H groups in total. The number of ether oxygens (including phenoxy) is 2. The van der Waals surface area contributed by atoms with Crippen molar-refractivity contribution in [2.45, 2.75) is 38.3 Å². The number of methoxy groups -OCH3 is 1. The second-order valence-electron chi connectivity index (χ2n) is 14.4. The third-order valence-corrected chi connectivity index (χ3v) is 10.9. The van der Waals surface area contributed by atoms with Crippen LogP contribution in [0.1, 0.15) is 41.7 Å². The number of aryl methyl sites for hydroxylation is 1. The Bertz CT molecular complexity index is 2440. The zero-order valence-corrected chi connectivity index (χ0v) is 31.6. The van der Waals surface area contributed by atoms with Crippen LogP contribution in [0.3, 0.4) is 0 Å². The van der Waals surface area contributed by atoms with Gasteiger partial charge in [-0.05, 0) is 54.0 Å². The number of halogens is 3. The highest BCUT2D eigenvalue weighted by molar-refractivity contribution is 6.02. The summed E-state index contributed by atoms with van der Waals surface area (Å²) in [5.41, 5.74) is 2.49. The fourth-order valence-corrected chi connectivity index (χ4v) is 7.84. The maximum atomic E-state index is 16.3. The van der Waals surface area contributed by atoms with Crippen LogP contribution < -0.4 is 24.6 Å². The number of H-pyrrole nitrogens is 1. The van der Waals surface area contributed by atoms with Gasteiger partial charge in [-0.3, -0.25) is 29.2 Å². The molecule has 300 valence electrons. The number of amides is 3. The Balaban J connectivity index is 0.994. The predicted octanol–water partition coefficient (Wildman–Crippen LogP) is 5.49. The van der Waals surface area contributed by atoms with Crippen molar-refractivity contribution in [2.24, 2.45) is 0 Å². The molecular formula is C42H40F3N7O6. The molecular weight excluding hydrogens is 755 g/mol. The molecule has 0 spiro atoms. The first-order valence-corrected chi connectivity index (χ1v) is 19.0. The number of benzene rings is 3. The third-order valence-electron chi connectivity index (χ3n) is 10.9. The van der Waals surface area contributed by atoms with E-state index in [0.29, 0.717) is 74.2 Å². The minimum absolute atomic E-state index is 0.0462. The normalized spacial score (nSPS) is 17.3. The first kappa shape index (κ1) is 38.3. The number of hydrogen-bond acceptors (Lipinski definition) is 9. The number of aromatic nitrogens is 3. The number of fused-ring (bicyclic) bond motifs is 1. The van der Waals surface area contributed by atoms with Gasteiger partial charge in [-0.2, -0.15) is 5.10 Å². The van der Waals surface area contributed by atoms with E-state index in [1.807, 2.05) is 15.9 Å². The summed E-state index contributed by atoms with van der Waals surface area (Å²) in [7, 11) is 1.41. The van der Waals surface area contributed by atoms with Crippen molar-refractivity contribution in [3.63, 3.8) is 0 Å². The Kier molecular flexibility index (Phi) is 10.6. The van der Waals surface area contributed by atoms with Gasteiger partial charge in [0, 0.05) is 112 Å². The monoisotopic (exact) mass is 795 g/mol. The van der Waals surface area contributed by atoms with Crippen molar-refractivity contribution in [3.05, 3.63) is 95.7 Å². The standard InChI is InChI=1S/C42H40F3N7O6/c1-57-36-22-34(33(44)21-37(36)58-35-7-8-38(54)48-42(35)56)50-16-14-49(15-17-50)27-5-6-28(32(43)19-27)30-20-29(40(45)41-31(30)18-26(24-53)47-41)25-4-2-11-51(23-25)39(55)9-13-52-12-3-10-46-52/h3-6,10,12,18-22,24,35,47H,2,7-9,11,13-17,23H2,1H3,(H,48,54,56). The molecule has 0 aliphatic carbocycles. The smallest absolute Gasteiger partial charge is 0.267 e. The molecule has 3 aliphatic rings. The van der Waals surface area contributed by atoms with Crippen LogP contribution in [0.25, 0.3) is 27.6 Å². The van der Waals surface area contributed by atoms with Crippen LogP contribution in [0.2, 0.25) is 0 Å². The summed E-state index contributed by atoms with van der Waals surface area (Å²) in [6.07, 6.45) is 5.96. The quantitative estimate of drug-likeness (QED) is 0.131. The Labute approximate surface area is 331 Å². The van der Waals surface area contributed by atoms with Gasteiger partial charge in [0.1, 0.15) is 11.6 Å². The molecule has 5 aromatic rings. The number of rotatable bonds is 11. The number of aldehydes is 1. The lowest BCUT2D eigenvalue weighted by molar-refractivity contribution is -0.139. The van der Waals surface area contributed by atoms with Gasteiger partial charge in [-0.15, -0.1) is 0 Å². The highest BCUT2D eigenvalue weighted by atomic mass is 19.1. The lowest BCUT2D eigenvalue weighted by Crippen LogP contribution is -2.47. The van der Waals surface area contributed by atoms with Gasteiger partial charge in [0.2, 0.25) is 11.8 Å². The van der Waals surface area contributed by atoms with Crippen molar-refractivity contribution >= 4 is 51.9 Å². The van der Waals surface area contributed by atoms with Gasteiger partial charge < -0.3 is 29.2 Å². The summed E-state index contributed by atoms with van der Waals surface area (Å²) in [4.78, 5) is 57.0. The summed E-state index contributed by atoms with van der Waals surface area (Å²) in [5.74, 6) is -2.52. The molecule has 8 rings (SSSR count). The molecule has 2 aromatic heterocycles. The molecule has 2 fully saturated rings. The van der Waals surface area contributed by atoms with E-state index < -0.39 is 29.5 Å². The average Bonchev–Trinajstić information content (AvgIpc) is 3.93. The van der Waals surface area contributed by atoms with Crippen LogP contribution in [0.5, 0.6) is 11.5 Å². The van der Waals surface area contributed by atoms with E-state index >= 15 is 13.2 Å². The first-order valence-electron chi connectivity index (χ1n) is 19.0. The van der Waals surface area contributed by atoms with Gasteiger partial charge in [-0.1, -0.05) is 6.08 Å². The molecule has 5 heterocycles. The number of piperidine rings is 1. The van der Waals surface area contributed by atoms with E-state index in [-0.39, 0.29) is 77.1 Å². The van der Waals surface area contributed by atoms with E-state index in [0.717, 1.165) is 0 Å². The van der Waals surface area contributed by atoms with E-state index in [1.54, 1.807) is 46.2 Å². The van der Waals surface area contributed by atoms with Crippen molar-refractivity contribution in [1.82, 2.24) is 25.0 Å². The zero-order chi connectivity index (χ0) is 40.5. The van der Waals surface area contributed by atoms with Crippen molar-refractivity contribution in [1.29, 1.82) is 0 Å². The number of nitrogens with zero attached hydrogens (tertiary/aromatic N) is 5. The number of aromatic amines is 1. The molecule has 16 heteroatoms. The highest BCUT2D eigenvalue weighted by Gasteiger charge is 2.31. The second kappa shape index (κ2) is 16.1. The van der Waals surface area contributed by atoms with Gasteiger partial charge in [0.05, 0.1) is 24.0 Å². The lowest BCUT2D eigenvalue weighted by Gasteiger charge is -2.37. The summed E-state index contributed by atoms with van der Waals surface area (Å²) < 4.78 is 61.0. The molecule has 3 amide bonds. The fourth-order valence-electron chi connectivity index (χ4n) is 7.84. The van der Waals surface area contributed by atoms with E-state index in [9.17, 15) is 19.2 Å². The summed E-state index contributed by atoms with van der Waals surface area (Å²) in [6.45, 7) is 2.74. The largest absolute Gasteiger partial charge is 0.493 e. The molecule has 58 heavy (non-hydrogen) atoms. The third kappa shape index (κ3) is 7.61. The van der Waals surface area contributed by atoms with E-state index in [2.05, 4.69) is 15.4 Å². The SMILES string of the molecule is COc1cc(N2CCN(c3ccc(-c4cc(C5=CCCN(C(=O)CCn6cccn6)C5)c(F)c5[nH]c(C=O)cc45)c(F)c3)CC2)c(F)cc1OC1CCC(=O)NC1=O. The van der Waals surface area contributed by atoms with Crippen molar-refractivity contribution in [3.8, 4) is 22.6 Å². The molecule has 2 saturated heterocycles. The maximum absolute atomic E-state index is 16.3. The van der Waals surface area contributed by atoms with Crippen molar-refractivity contribution < 1.29 is 41.8 Å². The zero-order valence-electron chi connectivity index (χ0n) is 31.6. The number of anilines is 2. The van der Waals surface area contributed by atoms with Gasteiger partial charge in [0.25, 0.3) is 5.91 Å². The number of nitrogens with one attached hydrogen (secondary N) is 2. The second-order valence-corrected chi connectivity index (χ2v) is 14.4. The number of carbonyl (C=O) groups excluding carboxylic acids is 4. The minimum atomic E-state index is -0.957. The summed E-state index contributed by atoms with van der Waals surface area (Å²) >= 11 is 0. The Morgan fingerprint density at radius 2 is 1.76 bits per heavy atom. The highest BCUT2D eigenvalue weighted by Crippen LogP contribution is 2.40. The van der Waals surface area contributed by atoms with Gasteiger partial charge >= 0.3 is 0 Å². The summed E-state index contributed by atoms with van der Waals surface area (Å²) in [5, 5.41) is 6.72. The molecule has 1 atom stereocenters. The molecule has 13 nitrogen and oxygen atoms in total. The maximum Gasteiger partial charge on any atom is 0.267 e. The van der Waals surface area contributed by atoms with Crippen LogP contribution in [0, 0.1) is 17.5 Å². The number of imide groups is 1. The van der Waals surface area contributed by atoms with Crippen LogP contribution >= 0.6 is 0 Å². The number of piperazine rings is 1. The van der Waals surface area contributed by atoms with Crippen molar-refractivity contribution in [2.75, 3.05) is 56.2 Å². The fraction of sp³-hybridized carbons (Fsp3) is 0.310. The average molecular weight is 796 g/mol. The molecule has 0 bridgehead atoms. The Morgan fingerprint density at radius 3 is 2.48 bits per heavy atom. The van der Waals surface area contributed by atoms with Crippen LogP contribution in [0.15, 0.2) is 67.0 Å². The Hall–Kier alpha value is -6.58. The lowest BCUT2D eigenvalue weighted by atomic mass is 9.92. The molecule has 1 unspecified atom stereocenters. The molecule has 3 aromatic carbocycles. The first-order chi connectivity index (χ1) is 28.1. The predicted molar refractivity (Wildman–Crippen MR) is 209 cm³/mol. The van der Waals surface area contributed by atoms with Crippen LogP contribution in [-0.2, 0) is 20.9 Å². The van der Waals surface area contributed by atoms with Gasteiger partial charge in [-0.25, -0.2) is 13.2 Å². The molecule has 0 saturated carbocycles. The number of hydrogen-bond donors (Lipinski definition) is 2. The molecule has 0 radical (unpaired) electrons. The Morgan fingerprint density at radius 1 is 0.948 bits per heavy atom. The van der Waals surface area contributed by atoms with Crippen LogP contribution in [-0.4, -0.2) is 96.2 Å². The topological polar surface area (TPSA) is 142 Å². The van der Waals surface area contributed by atoms with Crippen LogP contribution in [0.4, 0.5) is 24.5 Å². The van der Waals surface area contributed by atoms with E-state index in [1.165, 1.54) is 31.4 Å². The number of carbonyl (C=O) groups is 4. The van der Waals surface area contributed by atoms with Gasteiger partial charge in [0.15, 0.2) is 29.7 Å². The summed E-state index contributed by atoms with van der Waals surface area (Å²) in [6, 6.07) is 12.4. The van der Waals surface area contributed by atoms with E-state index in [4.69, 9.17) is 9.47 Å².